The normalized spacial score (nSPS) is 10.8. The molecule has 7 heteroatoms. The van der Waals surface area contributed by atoms with Crippen LogP contribution in [0.25, 0.3) is 10.9 Å². The first-order valence-electron chi connectivity index (χ1n) is 7.51. The van der Waals surface area contributed by atoms with Crippen LogP contribution in [0, 0.1) is 0 Å². The number of hydrogen-bond donors (Lipinski definition) is 0. The zero-order valence-corrected chi connectivity index (χ0v) is 15.0. The van der Waals surface area contributed by atoms with Gasteiger partial charge in [-0.3, -0.25) is 9.59 Å². The second-order valence-corrected chi connectivity index (χ2v) is 6.56. The lowest BCUT2D eigenvalue weighted by Gasteiger charge is -2.09. The second-order valence-electron chi connectivity index (χ2n) is 5.32. The Hall–Kier alpha value is -2.31. The highest BCUT2D eigenvalue weighted by Crippen LogP contribution is 2.25. The Balaban J connectivity index is 1.72. The first-order valence-corrected chi connectivity index (χ1v) is 9.11. The van der Waals surface area contributed by atoms with Crippen molar-refractivity contribution in [2.45, 2.75) is 18.0 Å². The summed E-state index contributed by atoms with van der Waals surface area (Å²) in [7, 11) is 0. The minimum absolute atomic E-state index is 0.00642. The number of benzene rings is 1. The van der Waals surface area contributed by atoms with Crippen LogP contribution in [0.3, 0.4) is 0 Å². The van der Waals surface area contributed by atoms with Crippen molar-refractivity contribution in [3.05, 3.63) is 69.7 Å². The van der Waals surface area contributed by atoms with Crippen LogP contribution >= 0.6 is 23.4 Å². The Labute approximate surface area is 153 Å². The van der Waals surface area contributed by atoms with Gasteiger partial charge in [-0.05, 0) is 30.5 Å². The monoisotopic (exact) mass is 374 g/mol. The Morgan fingerprint density at radius 3 is 2.88 bits per heavy atom. The standard InChI is InChI=1S/C18H15ClN2O3S/c1-25-14-6-5-12-8-13(18(19)20-15(12)9-14)11-24-17(23)10-21-7-3-2-4-16(21)22/h2-9H,10-11H2,1H3. The zero-order chi connectivity index (χ0) is 17.8. The van der Waals surface area contributed by atoms with E-state index in [0.717, 1.165) is 15.8 Å². The quantitative estimate of drug-likeness (QED) is 0.388. The predicted molar refractivity (Wildman–Crippen MR) is 99.0 cm³/mol. The number of halogens is 1. The number of nitrogens with zero attached hydrogens (tertiary/aromatic N) is 2. The molecule has 0 radical (unpaired) electrons. The summed E-state index contributed by atoms with van der Waals surface area (Å²) in [4.78, 5) is 29.0. The third-order valence-corrected chi connectivity index (χ3v) is 4.69. The summed E-state index contributed by atoms with van der Waals surface area (Å²) in [5, 5.41) is 1.22. The van der Waals surface area contributed by atoms with Crippen molar-refractivity contribution in [1.29, 1.82) is 0 Å². The molecule has 0 bridgehead atoms. The topological polar surface area (TPSA) is 61.2 Å². The molecule has 25 heavy (non-hydrogen) atoms. The van der Waals surface area contributed by atoms with Gasteiger partial charge in [0.05, 0.1) is 5.52 Å². The van der Waals surface area contributed by atoms with Crippen LogP contribution in [0.15, 0.2) is 58.4 Å². The van der Waals surface area contributed by atoms with Crippen molar-refractivity contribution in [3.8, 4) is 0 Å². The van der Waals surface area contributed by atoms with Gasteiger partial charge in [-0.25, -0.2) is 4.98 Å². The van der Waals surface area contributed by atoms with Crippen molar-refractivity contribution in [3.63, 3.8) is 0 Å². The number of pyridine rings is 2. The molecule has 0 atom stereocenters. The minimum atomic E-state index is -0.512. The molecule has 128 valence electrons. The molecule has 2 heterocycles. The van der Waals surface area contributed by atoms with E-state index < -0.39 is 5.97 Å². The lowest BCUT2D eigenvalue weighted by Crippen LogP contribution is -2.23. The number of hydrogen-bond acceptors (Lipinski definition) is 5. The van der Waals surface area contributed by atoms with Gasteiger partial charge in [0, 0.05) is 28.1 Å². The van der Waals surface area contributed by atoms with Crippen molar-refractivity contribution < 1.29 is 9.53 Å². The van der Waals surface area contributed by atoms with E-state index in [1.165, 1.54) is 16.8 Å². The van der Waals surface area contributed by atoms with Gasteiger partial charge in [-0.1, -0.05) is 23.7 Å². The van der Waals surface area contributed by atoms with E-state index in [2.05, 4.69) is 4.98 Å². The SMILES string of the molecule is CSc1ccc2cc(COC(=O)Cn3ccccc3=O)c(Cl)nc2c1. The van der Waals surface area contributed by atoms with Crippen LogP contribution in [0.2, 0.25) is 5.15 Å². The van der Waals surface area contributed by atoms with E-state index in [1.54, 1.807) is 23.9 Å². The first-order chi connectivity index (χ1) is 12.1. The van der Waals surface area contributed by atoms with Gasteiger partial charge < -0.3 is 9.30 Å². The largest absolute Gasteiger partial charge is 0.459 e. The van der Waals surface area contributed by atoms with Crippen LogP contribution < -0.4 is 5.56 Å². The number of esters is 1. The Morgan fingerprint density at radius 2 is 2.12 bits per heavy atom. The highest BCUT2D eigenvalue weighted by Gasteiger charge is 2.10. The molecule has 0 spiro atoms. The van der Waals surface area contributed by atoms with Gasteiger partial charge in [0.1, 0.15) is 18.3 Å². The van der Waals surface area contributed by atoms with Crippen molar-refractivity contribution in [1.82, 2.24) is 9.55 Å². The average Bonchev–Trinajstić information content (AvgIpc) is 2.61. The number of fused-ring (bicyclic) bond motifs is 1. The summed E-state index contributed by atoms with van der Waals surface area (Å²) in [6, 6.07) is 12.5. The fourth-order valence-electron chi connectivity index (χ4n) is 2.33. The molecule has 2 aromatic heterocycles. The van der Waals surface area contributed by atoms with Gasteiger partial charge in [0.15, 0.2) is 0 Å². The molecule has 0 amide bonds. The van der Waals surface area contributed by atoms with Gasteiger partial charge in [-0.2, -0.15) is 0 Å². The number of aromatic nitrogens is 2. The third-order valence-electron chi connectivity index (χ3n) is 3.64. The van der Waals surface area contributed by atoms with Gasteiger partial charge in [0.25, 0.3) is 5.56 Å². The molecule has 1 aromatic carbocycles. The highest BCUT2D eigenvalue weighted by molar-refractivity contribution is 7.98. The molecule has 0 saturated heterocycles. The summed E-state index contributed by atoms with van der Waals surface area (Å²) in [5.41, 5.74) is 1.16. The Kier molecular flexibility index (Phi) is 5.40. The first kappa shape index (κ1) is 17.5. The fraction of sp³-hybridized carbons (Fsp3) is 0.167. The van der Waals surface area contributed by atoms with E-state index in [0.29, 0.717) is 10.7 Å². The molecule has 0 unspecified atom stereocenters. The van der Waals surface area contributed by atoms with Crippen LogP contribution in [-0.4, -0.2) is 21.8 Å². The number of rotatable bonds is 5. The summed E-state index contributed by atoms with van der Waals surface area (Å²) in [6.07, 6.45) is 3.53. The van der Waals surface area contributed by atoms with E-state index in [-0.39, 0.29) is 18.7 Å². The van der Waals surface area contributed by atoms with Gasteiger partial charge in [-0.15, -0.1) is 11.8 Å². The Bertz CT molecular complexity index is 987. The minimum Gasteiger partial charge on any atom is -0.459 e. The van der Waals surface area contributed by atoms with Gasteiger partial charge >= 0.3 is 5.97 Å². The molecule has 0 fully saturated rings. The molecule has 0 saturated carbocycles. The van der Waals surface area contributed by atoms with E-state index in [9.17, 15) is 9.59 Å². The average molecular weight is 375 g/mol. The highest BCUT2D eigenvalue weighted by atomic mass is 35.5. The number of thioether (sulfide) groups is 1. The molecule has 0 aliphatic rings. The molecule has 3 aromatic rings. The van der Waals surface area contributed by atoms with E-state index >= 15 is 0 Å². The number of carbonyl (C=O) groups is 1. The molecule has 0 N–H and O–H groups in total. The predicted octanol–water partition coefficient (Wildman–Crippen LogP) is 3.52. The summed E-state index contributed by atoms with van der Waals surface area (Å²) in [5.74, 6) is -0.512. The number of carbonyl (C=O) groups excluding carboxylic acids is 1. The fourth-order valence-corrected chi connectivity index (χ4v) is 2.96. The van der Waals surface area contributed by atoms with Crippen LogP contribution in [-0.2, 0) is 22.7 Å². The van der Waals surface area contributed by atoms with Crippen LogP contribution in [0.4, 0.5) is 0 Å². The van der Waals surface area contributed by atoms with Crippen LogP contribution in [0.5, 0.6) is 0 Å². The van der Waals surface area contributed by atoms with Gasteiger partial charge in [0.2, 0.25) is 0 Å². The van der Waals surface area contributed by atoms with Crippen LogP contribution in [0.1, 0.15) is 5.56 Å². The van der Waals surface area contributed by atoms with Crippen molar-refractivity contribution >= 4 is 40.2 Å². The van der Waals surface area contributed by atoms with E-state index in [4.69, 9.17) is 16.3 Å². The maximum atomic E-state index is 11.9. The Morgan fingerprint density at radius 1 is 1.28 bits per heavy atom. The summed E-state index contributed by atoms with van der Waals surface area (Å²) >= 11 is 7.83. The lowest BCUT2D eigenvalue weighted by molar-refractivity contribution is -0.145. The zero-order valence-electron chi connectivity index (χ0n) is 13.4. The second kappa shape index (κ2) is 7.72. The number of ether oxygens (including phenoxy) is 1. The maximum Gasteiger partial charge on any atom is 0.326 e. The third kappa shape index (κ3) is 4.21. The lowest BCUT2D eigenvalue weighted by atomic mass is 10.2. The molecular weight excluding hydrogens is 360 g/mol. The van der Waals surface area contributed by atoms with Crippen molar-refractivity contribution in [2.75, 3.05) is 6.26 Å². The molecule has 5 nitrogen and oxygen atoms in total. The smallest absolute Gasteiger partial charge is 0.326 e. The maximum absolute atomic E-state index is 11.9. The van der Waals surface area contributed by atoms with E-state index in [1.807, 2.05) is 30.5 Å². The molecule has 0 aliphatic heterocycles. The summed E-state index contributed by atoms with van der Waals surface area (Å²) in [6.45, 7) is -0.137. The molecular formula is C18H15ClN2O3S. The molecule has 0 aliphatic carbocycles. The summed E-state index contributed by atoms with van der Waals surface area (Å²) < 4.78 is 6.52. The van der Waals surface area contributed by atoms with Crippen molar-refractivity contribution in [2.24, 2.45) is 0 Å². The molecule has 3 rings (SSSR count).